The Labute approximate surface area is 102 Å². The van der Waals surface area contributed by atoms with Crippen molar-refractivity contribution in [3.63, 3.8) is 0 Å². The lowest BCUT2D eigenvalue weighted by molar-refractivity contribution is 0.339. The third kappa shape index (κ3) is 3.35. The van der Waals surface area contributed by atoms with Gasteiger partial charge in [-0.25, -0.2) is 4.39 Å². The summed E-state index contributed by atoms with van der Waals surface area (Å²) in [5, 5.41) is 3.38. The van der Waals surface area contributed by atoms with Gasteiger partial charge in [-0.3, -0.25) is 0 Å². The van der Waals surface area contributed by atoms with Crippen LogP contribution >= 0.6 is 0 Å². The predicted octanol–water partition coefficient (Wildman–Crippen LogP) is 3.83. The summed E-state index contributed by atoms with van der Waals surface area (Å²) in [4.78, 5) is 0. The molecule has 1 aliphatic carbocycles. The van der Waals surface area contributed by atoms with Crippen molar-refractivity contribution in [2.45, 2.75) is 32.6 Å². The van der Waals surface area contributed by atoms with Crippen molar-refractivity contribution < 1.29 is 9.13 Å². The third-order valence-corrected chi connectivity index (χ3v) is 3.30. The maximum Gasteiger partial charge on any atom is 0.145 e. The van der Waals surface area contributed by atoms with Gasteiger partial charge >= 0.3 is 0 Å². The molecule has 0 saturated heterocycles. The van der Waals surface area contributed by atoms with Gasteiger partial charge < -0.3 is 10.1 Å². The van der Waals surface area contributed by atoms with Crippen molar-refractivity contribution >= 4 is 5.69 Å². The van der Waals surface area contributed by atoms with Crippen molar-refractivity contribution in [2.24, 2.45) is 5.92 Å². The molecule has 1 N–H and O–H groups in total. The average Bonchev–Trinajstić information content (AvgIpc) is 2.81. The van der Waals surface area contributed by atoms with Crippen LogP contribution in [0.3, 0.4) is 0 Å². The molecule has 0 atom stereocenters. The van der Waals surface area contributed by atoms with Gasteiger partial charge in [-0.2, -0.15) is 0 Å². The molecule has 1 saturated carbocycles. The summed E-state index contributed by atoms with van der Waals surface area (Å²) in [5.41, 5.74) is 0.903. The second kappa shape index (κ2) is 5.89. The Bertz CT molecular complexity index is 361. The van der Waals surface area contributed by atoms with Gasteiger partial charge in [0, 0.05) is 12.6 Å². The molecular formula is C14H20FNO. The smallest absolute Gasteiger partial charge is 0.145 e. The highest BCUT2D eigenvalue weighted by Gasteiger charge is 2.15. The van der Waals surface area contributed by atoms with Crippen molar-refractivity contribution in [1.82, 2.24) is 0 Å². The van der Waals surface area contributed by atoms with Gasteiger partial charge in [0.05, 0.1) is 12.3 Å². The number of anilines is 1. The highest BCUT2D eigenvalue weighted by atomic mass is 19.1. The van der Waals surface area contributed by atoms with Gasteiger partial charge in [-0.05, 0) is 37.8 Å². The molecule has 2 nitrogen and oxygen atoms in total. The molecule has 0 aliphatic heterocycles. The largest absolute Gasteiger partial charge is 0.492 e. The highest BCUT2D eigenvalue weighted by molar-refractivity contribution is 5.56. The summed E-state index contributed by atoms with van der Waals surface area (Å²) in [7, 11) is 0. The van der Waals surface area contributed by atoms with Crippen LogP contribution in [-0.2, 0) is 0 Å². The summed E-state index contributed by atoms with van der Waals surface area (Å²) >= 11 is 0. The third-order valence-electron chi connectivity index (χ3n) is 3.30. The summed E-state index contributed by atoms with van der Waals surface area (Å²) in [6, 6.07) is 4.68. The van der Waals surface area contributed by atoms with Gasteiger partial charge in [0.25, 0.3) is 0 Å². The summed E-state index contributed by atoms with van der Waals surface area (Å²) in [6.45, 7) is 3.43. The fraction of sp³-hybridized carbons (Fsp3) is 0.571. The molecule has 0 bridgehead atoms. The molecule has 1 fully saturated rings. The first kappa shape index (κ1) is 12.2. The number of halogens is 1. The standard InChI is InChI=1S/C14H20FNO/c1-2-17-14-9-12(15)7-8-13(14)16-10-11-5-3-4-6-11/h7-9,11,16H,2-6,10H2,1H3. The number of benzene rings is 1. The lowest BCUT2D eigenvalue weighted by atomic mass is 10.1. The Morgan fingerprint density at radius 3 is 2.82 bits per heavy atom. The quantitative estimate of drug-likeness (QED) is 0.840. The van der Waals surface area contributed by atoms with Crippen LogP contribution in [0.15, 0.2) is 18.2 Å². The monoisotopic (exact) mass is 237 g/mol. The minimum atomic E-state index is -0.250. The number of rotatable bonds is 5. The molecule has 0 radical (unpaired) electrons. The summed E-state index contributed by atoms with van der Waals surface area (Å²) in [5.74, 6) is 1.12. The van der Waals surface area contributed by atoms with Crippen molar-refractivity contribution in [3.05, 3.63) is 24.0 Å². The SMILES string of the molecule is CCOc1cc(F)ccc1NCC1CCCC1. The zero-order valence-electron chi connectivity index (χ0n) is 10.3. The number of hydrogen-bond acceptors (Lipinski definition) is 2. The fourth-order valence-corrected chi connectivity index (χ4v) is 2.39. The van der Waals surface area contributed by atoms with E-state index in [0.717, 1.165) is 18.2 Å². The fourth-order valence-electron chi connectivity index (χ4n) is 2.39. The van der Waals surface area contributed by atoms with Crippen LogP contribution in [0.5, 0.6) is 5.75 Å². The first-order valence-electron chi connectivity index (χ1n) is 6.46. The Kier molecular flexibility index (Phi) is 4.24. The van der Waals surface area contributed by atoms with E-state index in [0.29, 0.717) is 12.4 Å². The zero-order chi connectivity index (χ0) is 12.1. The van der Waals surface area contributed by atoms with E-state index < -0.39 is 0 Å². The Morgan fingerprint density at radius 1 is 1.35 bits per heavy atom. The van der Waals surface area contributed by atoms with Crippen LogP contribution < -0.4 is 10.1 Å². The van der Waals surface area contributed by atoms with Crippen LogP contribution in [0.25, 0.3) is 0 Å². The molecule has 17 heavy (non-hydrogen) atoms. The Balaban J connectivity index is 1.98. The molecule has 1 aromatic rings. The molecule has 0 heterocycles. The average molecular weight is 237 g/mol. The number of hydrogen-bond donors (Lipinski definition) is 1. The van der Waals surface area contributed by atoms with E-state index in [2.05, 4.69) is 5.32 Å². The molecule has 0 spiro atoms. The van der Waals surface area contributed by atoms with E-state index in [9.17, 15) is 4.39 Å². The van der Waals surface area contributed by atoms with Gasteiger partial charge in [0.15, 0.2) is 0 Å². The second-order valence-corrected chi connectivity index (χ2v) is 4.60. The zero-order valence-corrected chi connectivity index (χ0v) is 10.3. The van der Waals surface area contributed by atoms with Crippen molar-refractivity contribution in [3.8, 4) is 5.75 Å². The van der Waals surface area contributed by atoms with Crippen molar-refractivity contribution in [1.29, 1.82) is 0 Å². The van der Waals surface area contributed by atoms with Gasteiger partial charge in [-0.1, -0.05) is 12.8 Å². The van der Waals surface area contributed by atoms with Crippen molar-refractivity contribution in [2.75, 3.05) is 18.5 Å². The molecule has 2 rings (SSSR count). The summed E-state index contributed by atoms with van der Waals surface area (Å²) in [6.07, 6.45) is 5.29. The molecule has 1 aromatic carbocycles. The first-order chi connectivity index (χ1) is 8.29. The molecule has 0 amide bonds. The van der Waals surface area contributed by atoms with E-state index >= 15 is 0 Å². The molecule has 3 heteroatoms. The van der Waals surface area contributed by atoms with Crippen LogP contribution in [-0.4, -0.2) is 13.2 Å². The van der Waals surface area contributed by atoms with Gasteiger partial charge in [-0.15, -0.1) is 0 Å². The Hall–Kier alpha value is -1.25. The van der Waals surface area contributed by atoms with Crippen LogP contribution in [0.1, 0.15) is 32.6 Å². The van der Waals surface area contributed by atoms with E-state index in [-0.39, 0.29) is 5.82 Å². The first-order valence-corrected chi connectivity index (χ1v) is 6.46. The topological polar surface area (TPSA) is 21.3 Å². The maximum absolute atomic E-state index is 13.1. The number of ether oxygens (including phenoxy) is 1. The molecular weight excluding hydrogens is 217 g/mol. The second-order valence-electron chi connectivity index (χ2n) is 4.60. The minimum Gasteiger partial charge on any atom is -0.492 e. The van der Waals surface area contributed by atoms with Gasteiger partial charge in [0.2, 0.25) is 0 Å². The summed E-state index contributed by atoms with van der Waals surface area (Å²) < 4.78 is 18.5. The van der Waals surface area contributed by atoms with E-state index in [4.69, 9.17) is 4.74 Å². The lowest BCUT2D eigenvalue weighted by Crippen LogP contribution is -2.12. The maximum atomic E-state index is 13.1. The van der Waals surface area contributed by atoms with Crippen LogP contribution in [0.2, 0.25) is 0 Å². The Morgan fingerprint density at radius 2 is 2.12 bits per heavy atom. The lowest BCUT2D eigenvalue weighted by Gasteiger charge is -2.15. The molecule has 94 valence electrons. The molecule has 1 aliphatic rings. The van der Waals surface area contributed by atoms with E-state index in [1.807, 2.05) is 6.92 Å². The number of nitrogens with one attached hydrogen (secondary N) is 1. The highest BCUT2D eigenvalue weighted by Crippen LogP contribution is 2.28. The molecule has 0 aromatic heterocycles. The van der Waals surface area contributed by atoms with E-state index in [1.165, 1.54) is 37.8 Å². The normalized spacial score (nSPS) is 16.1. The minimum absolute atomic E-state index is 0.250. The van der Waals surface area contributed by atoms with E-state index in [1.54, 1.807) is 6.07 Å². The van der Waals surface area contributed by atoms with Crippen LogP contribution in [0, 0.1) is 11.7 Å². The molecule has 0 unspecified atom stereocenters. The van der Waals surface area contributed by atoms with Gasteiger partial charge in [0.1, 0.15) is 11.6 Å². The predicted molar refractivity (Wildman–Crippen MR) is 68.0 cm³/mol. The van der Waals surface area contributed by atoms with Crippen LogP contribution in [0.4, 0.5) is 10.1 Å².